The molecule has 148 valence electrons. The molecule has 0 aliphatic carbocycles. The maximum atomic E-state index is 13.0. The van der Waals surface area contributed by atoms with Crippen molar-refractivity contribution in [2.24, 2.45) is 7.05 Å². The molecule has 1 aromatic heterocycles. The molecule has 1 N–H and O–H groups in total. The molecule has 0 unspecified atom stereocenters. The van der Waals surface area contributed by atoms with E-state index < -0.39 is 17.7 Å². The van der Waals surface area contributed by atoms with Crippen molar-refractivity contribution in [2.45, 2.75) is 6.92 Å². The van der Waals surface area contributed by atoms with Crippen LogP contribution in [0.5, 0.6) is 5.88 Å². The summed E-state index contributed by atoms with van der Waals surface area (Å²) in [7, 11) is 1.52. The van der Waals surface area contributed by atoms with Crippen molar-refractivity contribution >= 4 is 40.9 Å². The Balaban J connectivity index is 1.99. The first-order valence-corrected chi connectivity index (χ1v) is 9.03. The molecule has 29 heavy (non-hydrogen) atoms. The minimum Gasteiger partial charge on any atom is -0.478 e. The van der Waals surface area contributed by atoms with E-state index in [1.807, 2.05) is 0 Å². The minimum absolute atomic E-state index is 0.0201. The zero-order chi connectivity index (χ0) is 21.3. The van der Waals surface area contributed by atoms with Crippen LogP contribution in [0.1, 0.15) is 42.3 Å². The molecule has 3 rings (SSSR count). The van der Waals surface area contributed by atoms with Crippen LogP contribution >= 0.6 is 23.2 Å². The maximum absolute atomic E-state index is 13.0. The fraction of sp³-hybridized carbons (Fsp3) is 0.100. The fourth-order valence-electron chi connectivity index (χ4n) is 2.75. The molecule has 0 saturated carbocycles. The first kappa shape index (κ1) is 20.6. The number of rotatable bonds is 5. The van der Waals surface area contributed by atoms with E-state index in [0.29, 0.717) is 10.7 Å². The van der Waals surface area contributed by atoms with E-state index in [2.05, 4.69) is 5.10 Å². The summed E-state index contributed by atoms with van der Waals surface area (Å²) < 4.78 is 6.66. The van der Waals surface area contributed by atoms with Crippen LogP contribution in [0, 0.1) is 6.92 Å². The minimum atomic E-state index is -1.18. The van der Waals surface area contributed by atoms with Gasteiger partial charge in [-0.2, -0.15) is 5.10 Å². The summed E-state index contributed by atoms with van der Waals surface area (Å²) >= 11 is 12.0. The first-order valence-electron chi connectivity index (χ1n) is 8.28. The van der Waals surface area contributed by atoms with Crippen molar-refractivity contribution in [1.82, 2.24) is 9.78 Å². The largest absolute Gasteiger partial charge is 0.478 e. The second-order valence-electron chi connectivity index (χ2n) is 6.12. The molecule has 0 atom stereocenters. The highest BCUT2D eigenvalue weighted by atomic mass is 35.5. The topological polar surface area (TPSA) is 98.5 Å². The molecule has 1 heterocycles. The van der Waals surface area contributed by atoms with E-state index in [1.165, 1.54) is 54.2 Å². The van der Waals surface area contributed by atoms with Crippen molar-refractivity contribution in [3.8, 4) is 5.88 Å². The van der Waals surface area contributed by atoms with Gasteiger partial charge in [-0.3, -0.25) is 4.79 Å². The lowest BCUT2D eigenvalue weighted by Gasteiger charge is -2.09. The number of ketones is 1. The smallest absolute Gasteiger partial charge is 0.344 e. The second-order valence-corrected chi connectivity index (χ2v) is 6.96. The van der Waals surface area contributed by atoms with Gasteiger partial charge in [-0.1, -0.05) is 29.3 Å². The first-order chi connectivity index (χ1) is 13.7. The highest BCUT2D eigenvalue weighted by Crippen LogP contribution is 2.29. The third-order valence-electron chi connectivity index (χ3n) is 4.11. The van der Waals surface area contributed by atoms with E-state index >= 15 is 0 Å². The van der Waals surface area contributed by atoms with Gasteiger partial charge in [0.15, 0.2) is 0 Å². The Kier molecular flexibility index (Phi) is 5.72. The molecule has 9 heteroatoms. The van der Waals surface area contributed by atoms with Gasteiger partial charge in [-0.25, -0.2) is 14.3 Å². The maximum Gasteiger partial charge on any atom is 0.344 e. The second kappa shape index (κ2) is 8.06. The van der Waals surface area contributed by atoms with E-state index in [4.69, 9.17) is 33.0 Å². The zero-order valence-electron chi connectivity index (χ0n) is 15.3. The van der Waals surface area contributed by atoms with Crippen molar-refractivity contribution in [3.05, 3.63) is 80.5 Å². The normalized spacial score (nSPS) is 10.6. The van der Waals surface area contributed by atoms with E-state index in [1.54, 1.807) is 6.92 Å². The highest BCUT2D eigenvalue weighted by Gasteiger charge is 2.27. The summed E-state index contributed by atoms with van der Waals surface area (Å²) in [5.41, 5.74) is 0.541. The predicted octanol–water partition coefficient (Wildman–Crippen LogP) is 4.18. The summed E-state index contributed by atoms with van der Waals surface area (Å²) in [4.78, 5) is 36.7. The molecule has 0 bridgehead atoms. The Morgan fingerprint density at radius 3 is 2.41 bits per heavy atom. The van der Waals surface area contributed by atoms with Gasteiger partial charge in [0.2, 0.25) is 11.7 Å². The summed E-state index contributed by atoms with van der Waals surface area (Å²) in [5, 5.41) is 13.8. The molecule has 0 fully saturated rings. The third-order valence-corrected chi connectivity index (χ3v) is 4.65. The van der Waals surface area contributed by atoms with Gasteiger partial charge in [-0.05, 0) is 43.3 Å². The van der Waals surface area contributed by atoms with Gasteiger partial charge in [0.05, 0.1) is 21.8 Å². The number of carboxylic acids is 1. The van der Waals surface area contributed by atoms with E-state index in [9.17, 15) is 14.4 Å². The average molecular weight is 433 g/mol. The Morgan fingerprint density at radius 2 is 1.76 bits per heavy atom. The average Bonchev–Trinajstić information content (AvgIpc) is 2.94. The van der Waals surface area contributed by atoms with Gasteiger partial charge < -0.3 is 9.84 Å². The van der Waals surface area contributed by atoms with Gasteiger partial charge in [0.25, 0.3) is 0 Å². The third kappa shape index (κ3) is 4.16. The van der Waals surface area contributed by atoms with Crippen LogP contribution in [-0.4, -0.2) is 32.6 Å². The Morgan fingerprint density at radius 1 is 1.07 bits per heavy atom. The van der Waals surface area contributed by atoms with Crippen LogP contribution in [0.15, 0.2) is 42.5 Å². The number of benzene rings is 2. The molecule has 0 spiro atoms. The number of nitrogens with zero attached hydrogens (tertiary/aromatic N) is 2. The van der Waals surface area contributed by atoms with Crippen LogP contribution < -0.4 is 4.74 Å². The number of halogens is 2. The fourth-order valence-corrected chi connectivity index (χ4v) is 3.24. The monoisotopic (exact) mass is 432 g/mol. The number of aromatic carboxylic acids is 1. The molecule has 3 aromatic rings. The number of hydrogen-bond donors (Lipinski definition) is 1. The summed E-state index contributed by atoms with van der Waals surface area (Å²) in [5.74, 6) is -2.57. The number of aryl methyl sites for hydroxylation is 2. The van der Waals surface area contributed by atoms with Crippen LogP contribution in [0.25, 0.3) is 0 Å². The van der Waals surface area contributed by atoms with Crippen LogP contribution in [0.3, 0.4) is 0 Å². The molecule has 7 nitrogen and oxygen atoms in total. The van der Waals surface area contributed by atoms with Crippen LogP contribution in [0.4, 0.5) is 0 Å². The van der Waals surface area contributed by atoms with Gasteiger partial charge in [0, 0.05) is 17.6 Å². The van der Waals surface area contributed by atoms with Crippen LogP contribution in [0.2, 0.25) is 10.0 Å². The Labute approximate surface area is 175 Å². The lowest BCUT2D eigenvalue weighted by molar-refractivity contribution is 0.0696. The number of ether oxygens (including phenoxy) is 1. The SMILES string of the molecule is Cc1nn(C)c(OC(=O)c2cccc(C(=O)O)c2)c1C(=O)c1ccc(Cl)cc1Cl. The molecule has 0 aliphatic heterocycles. The quantitative estimate of drug-likeness (QED) is 0.479. The lowest BCUT2D eigenvalue weighted by Crippen LogP contribution is -2.14. The predicted molar refractivity (Wildman–Crippen MR) is 106 cm³/mol. The van der Waals surface area contributed by atoms with Crippen molar-refractivity contribution < 1.29 is 24.2 Å². The Hall–Kier alpha value is -3.16. The zero-order valence-corrected chi connectivity index (χ0v) is 16.8. The standard InChI is InChI=1S/C20H14Cl2N2O5/c1-10-16(17(25)14-7-6-13(21)9-15(14)22)18(24(2)23-10)29-20(28)12-5-3-4-11(8-12)19(26)27/h3-9H,1-2H3,(H,26,27). The van der Waals surface area contributed by atoms with E-state index in [-0.39, 0.29) is 33.2 Å². The summed E-state index contributed by atoms with van der Waals surface area (Å²) in [6.45, 7) is 1.60. The highest BCUT2D eigenvalue weighted by molar-refractivity contribution is 6.37. The Bertz CT molecular complexity index is 1150. The van der Waals surface area contributed by atoms with Gasteiger partial charge in [0.1, 0.15) is 5.56 Å². The molecule has 0 amide bonds. The van der Waals surface area contributed by atoms with Crippen LogP contribution in [-0.2, 0) is 7.05 Å². The summed E-state index contributed by atoms with van der Waals surface area (Å²) in [6.07, 6.45) is 0. The van der Waals surface area contributed by atoms with Crippen molar-refractivity contribution in [3.63, 3.8) is 0 Å². The molecule has 0 aliphatic rings. The van der Waals surface area contributed by atoms with E-state index in [0.717, 1.165) is 0 Å². The molecule has 2 aromatic carbocycles. The molecule has 0 radical (unpaired) electrons. The number of carbonyl (C=O) groups excluding carboxylic acids is 2. The lowest BCUT2D eigenvalue weighted by atomic mass is 10.0. The number of esters is 1. The van der Waals surface area contributed by atoms with Crippen molar-refractivity contribution in [1.29, 1.82) is 0 Å². The molecular weight excluding hydrogens is 419 g/mol. The molecular formula is C20H14Cl2N2O5. The van der Waals surface area contributed by atoms with Gasteiger partial charge in [-0.15, -0.1) is 0 Å². The number of aromatic nitrogens is 2. The number of carbonyl (C=O) groups is 3. The molecule has 0 saturated heterocycles. The van der Waals surface area contributed by atoms with Crippen molar-refractivity contribution in [2.75, 3.05) is 0 Å². The van der Waals surface area contributed by atoms with Gasteiger partial charge >= 0.3 is 11.9 Å². The summed E-state index contributed by atoms with van der Waals surface area (Å²) in [6, 6.07) is 9.81. The number of hydrogen-bond acceptors (Lipinski definition) is 5. The number of carboxylic acid groups (broad SMARTS) is 1.